The highest BCUT2D eigenvalue weighted by atomic mass is 32.1. The summed E-state index contributed by atoms with van der Waals surface area (Å²) in [5, 5.41) is 0.550. The van der Waals surface area contributed by atoms with Crippen molar-refractivity contribution in [3.8, 4) is 5.75 Å². The zero-order valence-corrected chi connectivity index (χ0v) is 12.1. The van der Waals surface area contributed by atoms with E-state index >= 15 is 0 Å². The molecule has 0 fully saturated rings. The minimum absolute atomic E-state index is 0.0845. The maximum atomic E-state index is 12.4. The van der Waals surface area contributed by atoms with E-state index in [1.807, 2.05) is 0 Å². The van der Waals surface area contributed by atoms with Crippen LogP contribution in [0, 0.1) is 0 Å². The molecule has 1 heterocycles. The first kappa shape index (κ1) is 15.4. The molecule has 0 bridgehead atoms. The number of ether oxygens (including phenoxy) is 1. The predicted octanol–water partition coefficient (Wildman–Crippen LogP) is 3.13. The summed E-state index contributed by atoms with van der Waals surface area (Å²) in [4.78, 5) is 12.8. The highest BCUT2D eigenvalue weighted by molar-refractivity contribution is 7.21. The SMILES string of the molecule is COc1cccc2sc(C(=O)N(C)CC(F)(F)F)c(N)c12. The van der Waals surface area contributed by atoms with Crippen LogP contribution in [0.15, 0.2) is 18.2 Å². The quantitative estimate of drug-likeness (QED) is 0.946. The van der Waals surface area contributed by atoms with Crippen molar-refractivity contribution in [3.63, 3.8) is 0 Å². The summed E-state index contributed by atoms with van der Waals surface area (Å²) in [6.45, 7) is -1.32. The minimum Gasteiger partial charge on any atom is -0.496 e. The number of hydrogen-bond acceptors (Lipinski definition) is 4. The second-order valence-corrected chi connectivity index (χ2v) is 5.51. The first-order chi connectivity index (χ1) is 9.74. The summed E-state index contributed by atoms with van der Waals surface area (Å²) in [6.07, 6.45) is -4.45. The van der Waals surface area contributed by atoms with Gasteiger partial charge in [-0.15, -0.1) is 11.3 Å². The number of carbonyl (C=O) groups is 1. The molecule has 1 amide bonds. The van der Waals surface area contributed by atoms with Gasteiger partial charge in [0.15, 0.2) is 0 Å². The van der Waals surface area contributed by atoms with Gasteiger partial charge in [0.25, 0.3) is 5.91 Å². The van der Waals surface area contributed by atoms with E-state index in [1.54, 1.807) is 18.2 Å². The fourth-order valence-electron chi connectivity index (χ4n) is 1.98. The van der Waals surface area contributed by atoms with Gasteiger partial charge in [0.2, 0.25) is 0 Å². The van der Waals surface area contributed by atoms with Crippen molar-refractivity contribution in [2.24, 2.45) is 0 Å². The lowest BCUT2D eigenvalue weighted by Crippen LogP contribution is -2.35. The number of rotatable bonds is 3. The van der Waals surface area contributed by atoms with Crippen LogP contribution in [0.25, 0.3) is 10.1 Å². The molecule has 2 aromatic rings. The van der Waals surface area contributed by atoms with Gasteiger partial charge in [-0.2, -0.15) is 13.2 Å². The van der Waals surface area contributed by atoms with Crippen molar-refractivity contribution in [2.75, 3.05) is 26.4 Å². The molecule has 0 aliphatic heterocycles. The van der Waals surface area contributed by atoms with E-state index in [2.05, 4.69) is 0 Å². The molecule has 0 unspecified atom stereocenters. The Morgan fingerprint density at radius 3 is 2.67 bits per heavy atom. The molecule has 8 heteroatoms. The summed E-state index contributed by atoms with van der Waals surface area (Å²) in [6, 6.07) is 5.14. The highest BCUT2D eigenvalue weighted by Crippen LogP contribution is 2.39. The van der Waals surface area contributed by atoms with Crippen molar-refractivity contribution in [3.05, 3.63) is 23.1 Å². The van der Waals surface area contributed by atoms with Crippen LogP contribution >= 0.6 is 11.3 Å². The summed E-state index contributed by atoms with van der Waals surface area (Å²) >= 11 is 1.05. The zero-order valence-electron chi connectivity index (χ0n) is 11.3. The molecule has 1 aromatic carbocycles. The predicted molar refractivity (Wildman–Crippen MR) is 75.8 cm³/mol. The second kappa shape index (κ2) is 5.44. The zero-order chi connectivity index (χ0) is 15.8. The number of anilines is 1. The third-order valence-electron chi connectivity index (χ3n) is 2.89. The third-order valence-corrected chi connectivity index (χ3v) is 4.05. The summed E-state index contributed by atoms with van der Waals surface area (Å²) in [7, 11) is 2.56. The lowest BCUT2D eigenvalue weighted by Gasteiger charge is -2.18. The number of nitrogen functional groups attached to an aromatic ring is 1. The normalized spacial score (nSPS) is 11.7. The van der Waals surface area contributed by atoms with E-state index in [0.29, 0.717) is 20.7 Å². The van der Waals surface area contributed by atoms with Crippen LogP contribution in [-0.4, -0.2) is 37.7 Å². The number of benzene rings is 1. The number of fused-ring (bicyclic) bond motifs is 1. The molecule has 4 nitrogen and oxygen atoms in total. The Labute approximate surface area is 122 Å². The monoisotopic (exact) mass is 318 g/mol. The number of carbonyl (C=O) groups excluding carboxylic acids is 1. The molecule has 0 aliphatic carbocycles. The topological polar surface area (TPSA) is 55.6 Å². The van der Waals surface area contributed by atoms with Gasteiger partial charge in [-0.25, -0.2) is 0 Å². The van der Waals surface area contributed by atoms with Crippen molar-refractivity contribution in [1.82, 2.24) is 4.90 Å². The highest BCUT2D eigenvalue weighted by Gasteiger charge is 2.32. The van der Waals surface area contributed by atoms with Crippen LogP contribution < -0.4 is 10.5 Å². The Bertz CT molecular complexity index is 682. The van der Waals surface area contributed by atoms with E-state index in [9.17, 15) is 18.0 Å². The number of nitrogens with zero attached hydrogens (tertiary/aromatic N) is 1. The Kier molecular flexibility index (Phi) is 3.99. The first-order valence-corrected chi connectivity index (χ1v) is 6.73. The van der Waals surface area contributed by atoms with E-state index in [0.717, 1.165) is 18.4 Å². The van der Waals surface area contributed by atoms with Gasteiger partial charge in [0.05, 0.1) is 18.2 Å². The van der Waals surface area contributed by atoms with Gasteiger partial charge in [-0.3, -0.25) is 4.79 Å². The van der Waals surface area contributed by atoms with Gasteiger partial charge in [0.1, 0.15) is 17.2 Å². The average molecular weight is 318 g/mol. The van der Waals surface area contributed by atoms with Crippen molar-refractivity contribution in [2.45, 2.75) is 6.18 Å². The summed E-state index contributed by atoms with van der Waals surface area (Å²) in [5.74, 6) is -0.271. The van der Waals surface area contributed by atoms with Gasteiger partial charge in [0, 0.05) is 11.7 Å². The molecule has 1 aromatic heterocycles. The molecule has 0 saturated heterocycles. The molecule has 0 saturated carbocycles. The van der Waals surface area contributed by atoms with E-state index in [4.69, 9.17) is 10.5 Å². The number of nitrogens with two attached hydrogens (primary N) is 1. The van der Waals surface area contributed by atoms with Crippen molar-refractivity contribution in [1.29, 1.82) is 0 Å². The molecule has 0 radical (unpaired) electrons. The molecule has 21 heavy (non-hydrogen) atoms. The molecule has 114 valence electrons. The Balaban J connectivity index is 2.43. The number of amides is 1. The summed E-state index contributed by atoms with van der Waals surface area (Å²) in [5.41, 5.74) is 6.06. The van der Waals surface area contributed by atoms with E-state index in [-0.39, 0.29) is 10.6 Å². The largest absolute Gasteiger partial charge is 0.496 e. The molecular weight excluding hydrogens is 305 g/mol. The van der Waals surface area contributed by atoms with E-state index in [1.165, 1.54) is 7.11 Å². The summed E-state index contributed by atoms with van der Waals surface area (Å²) < 4.78 is 42.9. The van der Waals surface area contributed by atoms with Gasteiger partial charge < -0.3 is 15.4 Å². The minimum atomic E-state index is -4.45. The molecule has 0 atom stereocenters. The lowest BCUT2D eigenvalue weighted by atomic mass is 10.2. The Morgan fingerprint density at radius 1 is 1.43 bits per heavy atom. The van der Waals surface area contributed by atoms with Crippen LogP contribution in [0.5, 0.6) is 5.75 Å². The number of hydrogen-bond donors (Lipinski definition) is 1. The standard InChI is InChI=1S/C13H13F3N2O2S/c1-18(6-13(14,15)16)12(19)11-10(17)9-7(20-2)4-3-5-8(9)21-11/h3-5H,6,17H2,1-2H3. The van der Waals surface area contributed by atoms with Gasteiger partial charge >= 0.3 is 6.18 Å². The van der Waals surface area contributed by atoms with Crippen LogP contribution in [0.1, 0.15) is 9.67 Å². The molecule has 2 N–H and O–H groups in total. The average Bonchev–Trinajstić information content (AvgIpc) is 2.73. The molecule has 2 rings (SSSR count). The van der Waals surface area contributed by atoms with Crippen LogP contribution in [0.3, 0.4) is 0 Å². The fraction of sp³-hybridized carbons (Fsp3) is 0.308. The number of alkyl halides is 3. The van der Waals surface area contributed by atoms with Gasteiger partial charge in [-0.05, 0) is 12.1 Å². The Morgan fingerprint density at radius 2 is 2.10 bits per heavy atom. The number of methoxy groups -OCH3 is 1. The number of halogens is 3. The number of thiophene rings is 1. The van der Waals surface area contributed by atoms with Gasteiger partial charge in [-0.1, -0.05) is 6.07 Å². The fourth-order valence-corrected chi connectivity index (χ4v) is 3.12. The smallest absolute Gasteiger partial charge is 0.406 e. The van der Waals surface area contributed by atoms with Crippen molar-refractivity contribution < 1.29 is 22.7 Å². The van der Waals surface area contributed by atoms with Crippen molar-refractivity contribution >= 4 is 33.0 Å². The molecular formula is C13H13F3N2O2S. The first-order valence-electron chi connectivity index (χ1n) is 5.91. The maximum absolute atomic E-state index is 12.4. The van der Waals surface area contributed by atoms with Crippen LogP contribution in [-0.2, 0) is 0 Å². The third kappa shape index (κ3) is 3.05. The molecule has 0 aliphatic rings. The Hall–Kier alpha value is -1.96. The van der Waals surface area contributed by atoms with Crippen LogP contribution in [0.4, 0.5) is 18.9 Å². The lowest BCUT2D eigenvalue weighted by molar-refractivity contribution is -0.138. The molecule has 0 spiro atoms. The second-order valence-electron chi connectivity index (χ2n) is 4.45. The van der Waals surface area contributed by atoms with E-state index < -0.39 is 18.6 Å². The maximum Gasteiger partial charge on any atom is 0.406 e. The van der Waals surface area contributed by atoms with Crippen LogP contribution in [0.2, 0.25) is 0 Å².